The Balaban J connectivity index is 1.62. The van der Waals surface area contributed by atoms with Gasteiger partial charge in [-0.2, -0.15) is 0 Å². The maximum absolute atomic E-state index is 11.9. The predicted octanol–water partition coefficient (Wildman–Crippen LogP) is 6.08. The molecule has 2 N–H and O–H groups in total. The average Bonchev–Trinajstić information content (AvgIpc) is 3.18. The molecule has 0 aliphatic carbocycles. The van der Waals surface area contributed by atoms with Crippen LogP contribution in [0.3, 0.4) is 0 Å². The van der Waals surface area contributed by atoms with Crippen LogP contribution in [0.4, 0.5) is 16.5 Å². The third-order valence-electron chi connectivity index (χ3n) is 4.32. The number of amides is 1. The Morgan fingerprint density at radius 1 is 1.11 bits per heavy atom. The lowest BCUT2D eigenvalue weighted by Gasteiger charge is -2.08. The van der Waals surface area contributed by atoms with Gasteiger partial charge in [-0.1, -0.05) is 44.0 Å². The first-order valence-electron chi connectivity index (χ1n) is 9.45. The average molecular weight is 396 g/mol. The zero-order valence-corrected chi connectivity index (χ0v) is 17.0. The molecule has 0 bridgehead atoms. The van der Waals surface area contributed by atoms with E-state index in [0.29, 0.717) is 6.42 Å². The summed E-state index contributed by atoms with van der Waals surface area (Å²) in [5, 5.41) is 9.06. The molecule has 0 spiro atoms. The molecule has 1 heterocycles. The van der Waals surface area contributed by atoms with Crippen LogP contribution in [-0.2, 0) is 4.79 Å². The number of hydrogen-bond donors (Lipinski definition) is 2. The fraction of sp³-hybridized carbons (Fsp3) is 0.273. The number of carbonyl (C=O) groups excluding carboxylic acids is 1. The molecular weight excluding hydrogens is 370 g/mol. The van der Waals surface area contributed by atoms with Gasteiger partial charge >= 0.3 is 0 Å². The third kappa shape index (κ3) is 5.33. The van der Waals surface area contributed by atoms with Gasteiger partial charge in [0.2, 0.25) is 5.91 Å². The van der Waals surface area contributed by atoms with E-state index in [-0.39, 0.29) is 5.91 Å². The summed E-state index contributed by atoms with van der Waals surface area (Å²) in [6.07, 6.45) is 3.70. The van der Waals surface area contributed by atoms with Gasteiger partial charge in [-0.3, -0.25) is 4.79 Å². The molecule has 28 heavy (non-hydrogen) atoms. The standard InChI is InChI=1S/C22H25N3O2S/c1-3-4-5-10-21(26)23-17-13-11-16(12-14-17)19-15-28-22(25-19)24-18-8-6-7-9-20(18)27-2/h6-9,11-15H,3-5,10H2,1-2H3,(H,23,26)(H,24,25). The van der Waals surface area contributed by atoms with E-state index in [1.165, 1.54) is 11.3 Å². The number of thiazole rings is 1. The van der Waals surface area contributed by atoms with E-state index in [0.717, 1.165) is 52.8 Å². The van der Waals surface area contributed by atoms with Crippen LogP contribution in [0, 0.1) is 0 Å². The van der Waals surface area contributed by atoms with E-state index in [9.17, 15) is 4.79 Å². The molecule has 0 radical (unpaired) electrons. The highest BCUT2D eigenvalue weighted by atomic mass is 32.1. The summed E-state index contributed by atoms with van der Waals surface area (Å²) in [5.41, 5.74) is 3.59. The number of nitrogens with zero attached hydrogens (tertiary/aromatic N) is 1. The van der Waals surface area contributed by atoms with Crippen molar-refractivity contribution in [1.82, 2.24) is 4.98 Å². The maximum atomic E-state index is 11.9. The molecule has 0 saturated carbocycles. The molecule has 0 fully saturated rings. The molecule has 146 valence electrons. The first-order chi connectivity index (χ1) is 13.7. The number of nitrogens with one attached hydrogen (secondary N) is 2. The Bertz CT molecular complexity index is 906. The van der Waals surface area contributed by atoms with Crippen molar-refractivity contribution in [2.75, 3.05) is 17.7 Å². The molecule has 0 aliphatic heterocycles. The second-order valence-electron chi connectivity index (χ2n) is 6.45. The highest BCUT2D eigenvalue weighted by Crippen LogP contribution is 2.31. The zero-order chi connectivity index (χ0) is 19.8. The largest absolute Gasteiger partial charge is 0.495 e. The minimum Gasteiger partial charge on any atom is -0.495 e. The summed E-state index contributed by atoms with van der Waals surface area (Å²) in [4.78, 5) is 16.6. The lowest BCUT2D eigenvalue weighted by Crippen LogP contribution is -2.10. The lowest BCUT2D eigenvalue weighted by molar-refractivity contribution is -0.116. The fourth-order valence-electron chi connectivity index (χ4n) is 2.81. The van der Waals surface area contributed by atoms with Crippen LogP contribution in [-0.4, -0.2) is 18.0 Å². The number of rotatable bonds is 9. The van der Waals surface area contributed by atoms with Gasteiger partial charge in [0, 0.05) is 23.1 Å². The predicted molar refractivity (Wildman–Crippen MR) is 117 cm³/mol. The van der Waals surface area contributed by atoms with Crippen LogP contribution in [0.15, 0.2) is 53.9 Å². The fourth-order valence-corrected chi connectivity index (χ4v) is 3.54. The summed E-state index contributed by atoms with van der Waals surface area (Å²) in [6.45, 7) is 2.13. The Kier molecular flexibility index (Phi) is 7.03. The van der Waals surface area contributed by atoms with Crippen molar-refractivity contribution in [1.29, 1.82) is 0 Å². The van der Waals surface area contributed by atoms with Gasteiger partial charge in [-0.05, 0) is 30.7 Å². The summed E-state index contributed by atoms with van der Waals surface area (Å²) >= 11 is 1.54. The second-order valence-corrected chi connectivity index (χ2v) is 7.30. The smallest absolute Gasteiger partial charge is 0.224 e. The number of para-hydroxylation sites is 2. The molecule has 2 aromatic carbocycles. The number of hydrogen-bond acceptors (Lipinski definition) is 5. The number of methoxy groups -OCH3 is 1. The SMILES string of the molecule is CCCCCC(=O)Nc1ccc(-c2csc(Nc3ccccc3OC)n2)cc1. The molecule has 0 saturated heterocycles. The molecule has 3 aromatic rings. The van der Waals surface area contributed by atoms with E-state index in [1.54, 1.807) is 7.11 Å². The molecule has 5 nitrogen and oxygen atoms in total. The Morgan fingerprint density at radius 3 is 2.64 bits per heavy atom. The number of ether oxygens (including phenoxy) is 1. The first kappa shape index (κ1) is 19.9. The van der Waals surface area contributed by atoms with Crippen molar-refractivity contribution < 1.29 is 9.53 Å². The van der Waals surface area contributed by atoms with Gasteiger partial charge in [-0.25, -0.2) is 4.98 Å². The number of aromatic nitrogens is 1. The Morgan fingerprint density at radius 2 is 1.89 bits per heavy atom. The minimum absolute atomic E-state index is 0.0677. The van der Waals surface area contributed by atoms with Gasteiger partial charge in [0.1, 0.15) is 5.75 Å². The van der Waals surface area contributed by atoms with Crippen molar-refractivity contribution >= 4 is 33.8 Å². The molecule has 1 amide bonds. The van der Waals surface area contributed by atoms with Gasteiger partial charge in [0.15, 0.2) is 5.13 Å². The molecule has 0 atom stereocenters. The van der Waals surface area contributed by atoms with Crippen molar-refractivity contribution in [3.8, 4) is 17.0 Å². The van der Waals surface area contributed by atoms with Crippen LogP contribution in [0.2, 0.25) is 0 Å². The van der Waals surface area contributed by atoms with E-state index in [4.69, 9.17) is 4.74 Å². The van der Waals surface area contributed by atoms with Crippen molar-refractivity contribution in [2.45, 2.75) is 32.6 Å². The number of anilines is 3. The molecule has 1 aromatic heterocycles. The van der Waals surface area contributed by atoms with E-state index < -0.39 is 0 Å². The van der Waals surface area contributed by atoms with Gasteiger partial charge < -0.3 is 15.4 Å². The van der Waals surface area contributed by atoms with E-state index in [2.05, 4.69) is 22.5 Å². The van der Waals surface area contributed by atoms with Crippen LogP contribution in [0.1, 0.15) is 32.6 Å². The molecule has 6 heteroatoms. The van der Waals surface area contributed by atoms with Gasteiger partial charge in [0.05, 0.1) is 18.5 Å². The summed E-state index contributed by atoms with van der Waals surface area (Å²) in [7, 11) is 1.65. The van der Waals surface area contributed by atoms with Crippen molar-refractivity contribution in [2.24, 2.45) is 0 Å². The Labute approximate surface area is 169 Å². The zero-order valence-electron chi connectivity index (χ0n) is 16.2. The normalized spacial score (nSPS) is 10.5. The summed E-state index contributed by atoms with van der Waals surface area (Å²) in [5.74, 6) is 0.844. The van der Waals surface area contributed by atoms with E-state index in [1.807, 2.05) is 53.9 Å². The third-order valence-corrected chi connectivity index (χ3v) is 5.08. The summed E-state index contributed by atoms with van der Waals surface area (Å²) < 4.78 is 5.36. The highest BCUT2D eigenvalue weighted by Gasteiger charge is 2.08. The molecule has 0 aliphatic rings. The monoisotopic (exact) mass is 395 g/mol. The number of carbonyl (C=O) groups is 1. The summed E-state index contributed by atoms with van der Waals surface area (Å²) in [6, 6.07) is 15.5. The topological polar surface area (TPSA) is 63.2 Å². The van der Waals surface area contributed by atoms with Crippen molar-refractivity contribution in [3.63, 3.8) is 0 Å². The first-order valence-corrected chi connectivity index (χ1v) is 10.3. The quantitative estimate of drug-likeness (QED) is 0.431. The molecular formula is C22H25N3O2S. The molecule has 3 rings (SSSR count). The number of unbranched alkanes of at least 4 members (excludes halogenated alkanes) is 2. The molecule has 0 unspecified atom stereocenters. The van der Waals surface area contributed by atoms with Crippen LogP contribution >= 0.6 is 11.3 Å². The van der Waals surface area contributed by atoms with Crippen molar-refractivity contribution in [3.05, 3.63) is 53.9 Å². The van der Waals surface area contributed by atoms with Crippen LogP contribution < -0.4 is 15.4 Å². The maximum Gasteiger partial charge on any atom is 0.224 e. The van der Waals surface area contributed by atoms with Crippen LogP contribution in [0.5, 0.6) is 5.75 Å². The minimum atomic E-state index is 0.0677. The van der Waals surface area contributed by atoms with Crippen LogP contribution in [0.25, 0.3) is 11.3 Å². The van der Waals surface area contributed by atoms with Gasteiger partial charge in [0.25, 0.3) is 0 Å². The second kappa shape index (κ2) is 9.90. The van der Waals surface area contributed by atoms with E-state index >= 15 is 0 Å². The van der Waals surface area contributed by atoms with Gasteiger partial charge in [-0.15, -0.1) is 11.3 Å². The lowest BCUT2D eigenvalue weighted by atomic mass is 10.1. The Hall–Kier alpha value is -2.86. The number of benzene rings is 2. The highest BCUT2D eigenvalue weighted by molar-refractivity contribution is 7.14.